The van der Waals surface area contributed by atoms with Crippen LogP contribution in [0.4, 0.5) is 8.78 Å². The fraction of sp³-hybridized carbons (Fsp3) is 0.273. The van der Waals surface area contributed by atoms with E-state index in [1.165, 1.54) is 0 Å². The highest BCUT2D eigenvalue weighted by atomic mass is 19.2. The molecule has 1 rings (SSSR count). The number of carbonyl (C=O) groups is 2. The van der Waals surface area contributed by atoms with E-state index in [2.05, 4.69) is 10.6 Å². The van der Waals surface area contributed by atoms with E-state index in [1.807, 2.05) is 0 Å². The van der Waals surface area contributed by atoms with Crippen LogP contribution in [0.25, 0.3) is 0 Å². The summed E-state index contributed by atoms with van der Waals surface area (Å²) in [4.78, 5) is 22.5. The van der Waals surface area contributed by atoms with E-state index in [-0.39, 0.29) is 25.3 Å². The number of rotatable bonds is 5. The van der Waals surface area contributed by atoms with Crippen LogP contribution in [0.3, 0.4) is 0 Å². The van der Waals surface area contributed by atoms with E-state index in [4.69, 9.17) is 5.11 Å². The zero-order valence-electron chi connectivity index (χ0n) is 9.37. The van der Waals surface area contributed by atoms with Crippen LogP contribution < -0.4 is 10.6 Å². The Morgan fingerprint density at radius 3 is 2.50 bits per heavy atom. The second kappa shape index (κ2) is 6.65. The molecule has 98 valence electrons. The average molecular weight is 258 g/mol. The van der Waals surface area contributed by atoms with Crippen molar-refractivity contribution in [2.75, 3.05) is 19.7 Å². The number of halogens is 2. The van der Waals surface area contributed by atoms with Crippen molar-refractivity contribution in [2.45, 2.75) is 0 Å². The Kier molecular flexibility index (Phi) is 5.19. The third-order valence-electron chi connectivity index (χ3n) is 2.03. The summed E-state index contributed by atoms with van der Waals surface area (Å²) < 4.78 is 25.5. The minimum Gasteiger partial charge on any atom is -0.395 e. The van der Waals surface area contributed by atoms with E-state index >= 15 is 0 Å². The summed E-state index contributed by atoms with van der Waals surface area (Å²) in [6.45, 7) is -0.430. The van der Waals surface area contributed by atoms with Crippen LogP contribution in [-0.2, 0) is 4.79 Å². The lowest BCUT2D eigenvalue weighted by Crippen LogP contribution is -2.38. The first-order chi connectivity index (χ1) is 8.54. The van der Waals surface area contributed by atoms with Gasteiger partial charge in [-0.3, -0.25) is 9.59 Å². The second-order valence-electron chi connectivity index (χ2n) is 3.39. The van der Waals surface area contributed by atoms with Gasteiger partial charge in [-0.2, -0.15) is 0 Å². The molecule has 1 aromatic rings. The SMILES string of the molecule is O=C(CNC(=O)c1ccc(F)c(F)c1)NCCO. The number of carbonyl (C=O) groups excluding carboxylic acids is 2. The highest BCUT2D eigenvalue weighted by molar-refractivity contribution is 5.96. The number of amides is 2. The van der Waals surface area contributed by atoms with Crippen molar-refractivity contribution in [1.29, 1.82) is 0 Å². The zero-order valence-corrected chi connectivity index (χ0v) is 9.37. The normalized spacial score (nSPS) is 9.94. The highest BCUT2D eigenvalue weighted by Crippen LogP contribution is 2.08. The van der Waals surface area contributed by atoms with Crippen molar-refractivity contribution < 1.29 is 23.5 Å². The molecule has 3 N–H and O–H groups in total. The Bertz CT molecular complexity index is 452. The maximum absolute atomic E-state index is 12.8. The van der Waals surface area contributed by atoms with Gasteiger partial charge in [0.15, 0.2) is 11.6 Å². The zero-order chi connectivity index (χ0) is 13.5. The summed E-state index contributed by atoms with van der Waals surface area (Å²) in [6.07, 6.45) is 0. The van der Waals surface area contributed by atoms with Gasteiger partial charge >= 0.3 is 0 Å². The molecule has 0 aliphatic rings. The summed E-state index contributed by atoms with van der Waals surface area (Å²) in [5.74, 6) is -3.35. The lowest BCUT2D eigenvalue weighted by molar-refractivity contribution is -0.120. The Morgan fingerprint density at radius 2 is 1.89 bits per heavy atom. The molecule has 0 saturated heterocycles. The minimum atomic E-state index is -1.13. The van der Waals surface area contributed by atoms with Crippen molar-refractivity contribution in [3.8, 4) is 0 Å². The van der Waals surface area contributed by atoms with Gasteiger partial charge < -0.3 is 15.7 Å². The number of hydrogen-bond acceptors (Lipinski definition) is 3. The Balaban J connectivity index is 2.50. The Hall–Kier alpha value is -2.02. The van der Waals surface area contributed by atoms with Crippen LogP contribution in [0.2, 0.25) is 0 Å². The number of benzene rings is 1. The number of aliphatic hydroxyl groups excluding tert-OH is 1. The van der Waals surface area contributed by atoms with Crippen LogP contribution in [0.15, 0.2) is 18.2 Å². The molecule has 18 heavy (non-hydrogen) atoms. The highest BCUT2D eigenvalue weighted by Gasteiger charge is 2.10. The summed E-state index contributed by atoms with van der Waals surface area (Å²) in [6, 6.07) is 2.69. The average Bonchev–Trinajstić information content (AvgIpc) is 2.36. The Morgan fingerprint density at radius 1 is 1.17 bits per heavy atom. The first-order valence-electron chi connectivity index (χ1n) is 5.15. The van der Waals surface area contributed by atoms with Gasteiger partial charge in [-0.15, -0.1) is 0 Å². The molecule has 0 unspecified atom stereocenters. The van der Waals surface area contributed by atoms with E-state index < -0.39 is 23.4 Å². The van der Waals surface area contributed by atoms with Gasteiger partial charge in [-0.1, -0.05) is 0 Å². The van der Waals surface area contributed by atoms with Crippen molar-refractivity contribution in [3.05, 3.63) is 35.4 Å². The van der Waals surface area contributed by atoms with Crippen molar-refractivity contribution in [3.63, 3.8) is 0 Å². The second-order valence-corrected chi connectivity index (χ2v) is 3.39. The molecule has 0 spiro atoms. The number of nitrogens with one attached hydrogen (secondary N) is 2. The molecule has 0 fully saturated rings. The molecule has 0 aromatic heterocycles. The van der Waals surface area contributed by atoms with Crippen LogP contribution in [0.1, 0.15) is 10.4 Å². The quantitative estimate of drug-likeness (QED) is 0.684. The molecular weight excluding hydrogens is 246 g/mol. The fourth-order valence-electron chi connectivity index (χ4n) is 1.16. The third kappa shape index (κ3) is 4.10. The molecule has 7 heteroatoms. The molecule has 0 aliphatic heterocycles. The first kappa shape index (κ1) is 14.0. The summed E-state index contributed by atoms with van der Waals surface area (Å²) in [7, 11) is 0. The summed E-state index contributed by atoms with van der Waals surface area (Å²) in [5.41, 5.74) is -0.0798. The van der Waals surface area contributed by atoms with Crippen molar-refractivity contribution >= 4 is 11.8 Å². The third-order valence-corrected chi connectivity index (χ3v) is 2.03. The van der Waals surface area contributed by atoms with Gasteiger partial charge in [0.1, 0.15) is 0 Å². The number of aliphatic hydroxyl groups is 1. The van der Waals surface area contributed by atoms with E-state index in [0.717, 1.165) is 18.2 Å². The van der Waals surface area contributed by atoms with Gasteiger partial charge in [0, 0.05) is 12.1 Å². The predicted molar refractivity (Wildman–Crippen MR) is 58.8 cm³/mol. The van der Waals surface area contributed by atoms with Crippen molar-refractivity contribution in [2.24, 2.45) is 0 Å². The van der Waals surface area contributed by atoms with Gasteiger partial charge in [0.05, 0.1) is 13.2 Å². The molecule has 5 nitrogen and oxygen atoms in total. The van der Waals surface area contributed by atoms with Crippen LogP contribution in [0.5, 0.6) is 0 Å². The lowest BCUT2D eigenvalue weighted by Gasteiger charge is -2.06. The predicted octanol–water partition coefficient (Wildman–Crippen LogP) is -0.197. The van der Waals surface area contributed by atoms with E-state index in [9.17, 15) is 18.4 Å². The van der Waals surface area contributed by atoms with Gasteiger partial charge in [-0.05, 0) is 18.2 Å². The molecule has 0 aliphatic carbocycles. The minimum absolute atomic E-state index is 0.0798. The van der Waals surface area contributed by atoms with Gasteiger partial charge in [0.2, 0.25) is 5.91 Å². The first-order valence-corrected chi connectivity index (χ1v) is 5.15. The largest absolute Gasteiger partial charge is 0.395 e. The molecule has 0 heterocycles. The summed E-state index contributed by atoms with van der Waals surface area (Å²) in [5, 5.41) is 13.0. The van der Waals surface area contributed by atoms with Crippen LogP contribution in [0, 0.1) is 11.6 Å². The Labute approximate surface area is 102 Å². The topological polar surface area (TPSA) is 78.4 Å². The van der Waals surface area contributed by atoms with Crippen LogP contribution >= 0.6 is 0 Å². The van der Waals surface area contributed by atoms with Crippen molar-refractivity contribution in [1.82, 2.24) is 10.6 Å². The smallest absolute Gasteiger partial charge is 0.251 e. The molecular formula is C11H12F2N2O3. The van der Waals surface area contributed by atoms with Gasteiger partial charge in [-0.25, -0.2) is 8.78 Å². The summed E-state index contributed by atoms with van der Waals surface area (Å²) >= 11 is 0. The van der Waals surface area contributed by atoms with Crippen LogP contribution in [-0.4, -0.2) is 36.6 Å². The van der Waals surface area contributed by atoms with E-state index in [1.54, 1.807) is 0 Å². The van der Waals surface area contributed by atoms with E-state index in [0.29, 0.717) is 0 Å². The number of hydrogen-bond donors (Lipinski definition) is 3. The fourth-order valence-corrected chi connectivity index (χ4v) is 1.16. The molecule has 1 aromatic carbocycles. The standard InChI is InChI=1S/C11H12F2N2O3/c12-8-2-1-7(5-9(8)13)11(18)15-6-10(17)14-3-4-16/h1-2,5,16H,3-4,6H2,(H,14,17)(H,15,18). The maximum Gasteiger partial charge on any atom is 0.251 e. The molecule has 0 bridgehead atoms. The van der Waals surface area contributed by atoms with Gasteiger partial charge in [0.25, 0.3) is 5.91 Å². The maximum atomic E-state index is 12.8. The molecule has 0 radical (unpaired) electrons. The monoisotopic (exact) mass is 258 g/mol. The molecule has 0 saturated carbocycles. The molecule has 0 atom stereocenters. The lowest BCUT2D eigenvalue weighted by atomic mass is 10.2. The molecule has 2 amide bonds.